The van der Waals surface area contributed by atoms with Gasteiger partial charge in [0, 0.05) is 16.8 Å². The Kier molecular flexibility index (Phi) is 13.5. The Morgan fingerprint density at radius 2 is 1.05 bits per heavy atom. The van der Waals surface area contributed by atoms with E-state index in [2.05, 4.69) is 5.32 Å². The first kappa shape index (κ1) is 43.4. The number of carbonyl (C=O) groups is 6. The maximum absolute atomic E-state index is 13.3. The maximum Gasteiger partial charge on any atom is 0.416 e. The lowest BCUT2D eigenvalue weighted by Crippen LogP contribution is -2.54. The quantitative estimate of drug-likeness (QED) is 0.0771. The molecule has 0 radical (unpaired) electrons. The van der Waals surface area contributed by atoms with Crippen molar-refractivity contribution in [1.29, 1.82) is 0 Å². The van der Waals surface area contributed by atoms with Gasteiger partial charge in [0.05, 0.1) is 43.6 Å². The predicted octanol–water partition coefficient (Wildman–Crippen LogP) is 5.30. The van der Waals surface area contributed by atoms with Crippen LogP contribution >= 0.6 is 0 Å². The second kappa shape index (κ2) is 18.1. The van der Waals surface area contributed by atoms with Gasteiger partial charge in [0.25, 0.3) is 17.7 Å². The Morgan fingerprint density at radius 1 is 0.569 bits per heavy atom. The highest BCUT2D eigenvalue weighted by Crippen LogP contribution is 2.38. The first-order valence-corrected chi connectivity index (χ1v) is 16.1. The predicted molar refractivity (Wildman–Crippen MR) is 185 cm³/mol. The van der Waals surface area contributed by atoms with Gasteiger partial charge in [-0.1, -0.05) is 12.1 Å². The van der Waals surface area contributed by atoms with Gasteiger partial charge in [-0.3, -0.25) is 25.2 Å². The van der Waals surface area contributed by atoms with Crippen LogP contribution in [0.2, 0.25) is 0 Å². The molecule has 58 heavy (non-hydrogen) atoms. The molecule has 2 atom stereocenters. The van der Waals surface area contributed by atoms with Gasteiger partial charge in [0.2, 0.25) is 18.0 Å². The molecule has 0 aliphatic rings. The van der Waals surface area contributed by atoms with Gasteiger partial charge in [-0.2, -0.15) is 26.3 Å². The van der Waals surface area contributed by atoms with E-state index in [4.69, 9.17) is 23.7 Å². The average molecular weight is 822 g/mol. The van der Waals surface area contributed by atoms with Crippen molar-refractivity contribution in [3.63, 3.8) is 0 Å². The number of carbonyl (C=O) groups excluding carboxylic acids is 5. The van der Waals surface area contributed by atoms with E-state index in [-0.39, 0.29) is 34.1 Å². The van der Waals surface area contributed by atoms with Crippen molar-refractivity contribution in [2.24, 2.45) is 0 Å². The number of rotatable bonds is 13. The van der Waals surface area contributed by atoms with Crippen molar-refractivity contribution < 1.29 is 83.9 Å². The number of ether oxygens (including phenoxy) is 5. The Hall–Kier alpha value is -7.32. The number of alkyl halides is 6. The molecule has 0 aromatic heterocycles. The number of hydrogen-bond donors (Lipinski definition) is 4. The number of aliphatic carboxylic acids is 1. The van der Waals surface area contributed by atoms with Crippen molar-refractivity contribution in [2.75, 3.05) is 26.6 Å². The van der Waals surface area contributed by atoms with Crippen LogP contribution in [0.1, 0.15) is 52.6 Å². The number of amides is 3. The molecule has 4 aromatic rings. The van der Waals surface area contributed by atoms with Gasteiger partial charge in [-0.15, -0.1) is 0 Å². The van der Waals surface area contributed by atoms with E-state index in [1.54, 1.807) is 5.43 Å². The van der Waals surface area contributed by atoms with E-state index >= 15 is 0 Å². The summed E-state index contributed by atoms with van der Waals surface area (Å²) >= 11 is 0. The van der Waals surface area contributed by atoms with Crippen molar-refractivity contribution in [3.8, 4) is 17.2 Å². The van der Waals surface area contributed by atoms with Crippen LogP contribution in [-0.2, 0) is 31.4 Å². The third-order valence-electron chi connectivity index (χ3n) is 7.73. The van der Waals surface area contributed by atoms with Crippen LogP contribution in [-0.4, -0.2) is 74.3 Å². The summed E-state index contributed by atoms with van der Waals surface area (Å²) < 4.78 is 105. The van der Waals surface area contributed by atoms with E-state index < -0.39 is 82.4 Å². The molecular formula is C37H29F6N3O12. The fourth-order valence-corrected chi connectivity index (χ4v) is 4.89. The molecular weight excluding hydrogens is 792 g/mol. The van der Waals surface area contributed by atoms with Crippen LogP contribution in [0, 0.1) is 0 Å². The highest BCUT2D eigenvalue weighted by molar-refractivity contribution is 6.05. The number of nitrogens with one attached hydrogen (secondary N) is 3. The molecule has 0 bridgehead atoms. The third-order valence-corrected chi connectivity index (χ3v) is 7.73. The molecule has 3 amide bonds. The standard InChI is InChI=1S/C37H29F6N3O12/c1-54-25-16-21(17-26(55-2)27(25)56-3)30(47)44-24-12-10-18(11-13-24)31(48)45-46-32(49)28(57-34(52)19-6-4-8-22(14-19)36(38,39)40)29(33(50)51)58-35(53)20-7-5-9-23(15-20)37(41,42)43/h4-17,28-29H,1-3H3,(H,44,47)(H,45,48)(H,46,49)(H,50,51)/t28-,29+/m1/s1. The van der Waals surface area contributed by atoms with Gasteiger partial charge < -0.3 is 34.1 Å². The second-order valence-electron chi connectivity index (χ2n) is 11.5. The lowest BCUT2D eigenvalue weighted by Gasteiger charge is -2.24. The van der Waals surface area contributed by atoms with E-state index in [1.807, 2.05) is 5.43 Å². The van der Waals surface area contributed by atoms with E-state index in [9.17, 15) is 60.2 Å². The first-order valence-electron chi connectivity index (χ1n) is 16.1. The monoisotopic (exact) mass is 821 g/mol. The molecule has 0 fully saturated rings. The number of hydrazine groups is 1. The molecule has 0 unspecified atom stereocenters. The molecule has 0 heterocycles. The number of carboxylic acids is 1. The van der Waals surface area contributed by atoms with Crippen LogP contribution in [0.5, 0.6) is 17.2 Å². The molecule has 21 heteroatoms. The number of halogens is 6. The third kappa shape index (κ3) is 10.7. The number of benzene rings is 4. The summed E-state index contributed by atoms with van der Waals surface area (Å²) in [5, 5.41) is 12.5. The molecule has 4 rings (SSSR count). The minimum absolute atomic E-state index is 0.0996. The molecule has 0 saturated heterocycles. The second-order valence-corrected chi connectivity index (χ2v) is 11.5. The minimum Gasteiger partial charge on any atom is -0.493 e. The summed E-state index contributed by atoms with van der Waals surface area (Å²) in [5.41, 5.74) is -0.651. The number of hydrogen-bond acceptors (Lipinski definition) is 11. The first-order chi connectivity index (χ1) is 27.3. The van der Waals surface area contributed by atoms with Crippen LogP contribution in [0.4, 0.5) is 32.0 Å². The Balaban J connectivity index is 1.54. The summed E-state index contributed by atoms with van der Waals surface area (Å²) in [6.07, 6.45) is -15.5. The summed E-state index contributed by atoms with van der Waals surface area (Å²) in [5.74, 6) is -8.49. The summed E-state index contributed by atoms with van der Waals surface area (Å²) in [4.78, 5) is 77.2. The Morgan fingerprint density at radius 3 is 1.48 bits per heavy atom. The summed E-state index contributed by atoms with van der Waals surface area (Å²) in [6.45, 7) is 0. The van der Waals surface area contributed by atoms with Gasteiger partial charge in [-0.25, -0.2) is 14.4 Å². The van der Waals surface area contributed by atoms with Crippen molar-refractivity contribution in [3.05, 3.63) is 118 Å². The highest BCUT2D eigenvalue weighted by atomic mass is 19.4. The highest BCUT2D eigenvalue weighted by Gasteiger charge is 2.42. The SMILES string of the molecule is COc1cc(C(=O)Nc2ccc(C(=O)NNC(=O)[C@H](OC(=O)c3cccc(C(F)(F)F)c3)[C@H](OC(=O)c3cccc(C(F)(F)F)c3)C(=O)O)cc2)cc(OC)c1OC. The zero-order valence-corrected chi connectivity index (χ0v) is 29.9. The van der Waals surface area contributed by atoms with Gasteiger partial charge in [0.1, 0.15) is 0 Å². The molecule has 4 N–H and O–H groups in total. The topological polar surface area (TPSA) is 205 Å². The van der Waals surface area contributed by atoms with Crippen molar-refractivity contribution >= 4 is 41.3 Å². The fraction of sp³-hybridized carbons (Fsp3) is 0.189. The van der Waals surface area contributed by atoms with Gasteiger partial charge in [0.15, 0.2) is 11.5 Å². The molecule has 0 spiro atoms. The number of carboxylic acid groups (broad SMARTS) is 1. The van der Waals surface area contributed by atoms with Crippen LogP contribution in [0.3, 0.4) is 0 Å². The normalized spacial score (nSPS) is 12.2. The molecule has 4 aromatic carbocycles. The smallest absolute Gasteiger partial charge is 0.416 e. The van der Waals surface area contributed by atoms with Crippen molar-refractivity contribution in [1.82, 2.24) is 10.9 Å². The average Bonchev–Trinajstić information content (AvgIpc) is 3.19. The molecule has 15 nitrogen and oxygen atoms in total. The fourth-order valence-electron chi connectivity index (χ4n) is 4.89. The van der Waals surface area contributed by atoms with E-state index in [1.165, 1.54) is 57.7 Å². The molecule has 0 saturated carbocycles. The maximum atomic E-state index is 13.3. The van der Waals surface area contributed by atoms with E-state index in [0.29, 0.717) is 24.3 Å². The Bertz CT molecular complexity index is 2190. The zero-order valence-electron chi connectivity index (χ0n) is 29.9. The van der Waals surface area contributed by atoms with Crippen LogP contribution in [0.25, 0.3) is 0 Å². The molecule has 306 valence electrons. The zero-order chi connectivity index (χ0) is 42.9. The Labute approximate surface area is 322 Å². The van der Waals surface area contributed by atoms with Crippen LogP contribution < -0.4 is 30.4 Å². The number of methoxy groups -OCH3 is 3. The minimum atomic E-state index is -4.95. The van der Waals surface area contributed by atoms with Gasteiger partial charge >= 0.3 is 30.3 Å². The lowest BCUT2D eigenvalue weighted by molar-refractivity contribution is -0.159. The van der Waals surface area contributed by atoms with Gasteiger partial charge in [-0.05, 0) is 72.8 Å². The summed E-state index contributed by atoms with van der Waals surface area (Å²) in [6, 6.07) is 12.7. The van der Waals surface area contributed by atoms with E-state index in [0.717, 1.165) is 24.3 Å². The lowest BCUT2D eigenvalue weighted by atomic mass is 10.1. The summed E-state index contributed by atoms with van der Waals surface area (Å²) in [7, 11) is 4.07. The molecule has 0 aliphatic carbocycles. The number of esters is 2. The molecule has 0 aliphatic heterocycles. The van der Waals surface area contributed by atoms with Crippen LogP contribution in [0.15, 0.2) is 84.9 Å². The number of anilines is 1. The van der Waals surface area contributed by atoms with Crippen molar-refractivity contribution in [2.45, 2.75) is 24.6 Å². The largest absolute Gasteiger partial charge is 0.493 e.